The molecule has 1 aliphatic rings. The van der Waals surface area contributed by atoms with Gasteiger partial charge < -0.3 is 0 Å². The Morgan fingerprint density at radius 2 is 1.37 bits per heavy atom. The van der Waals surface area contributed by atoms with Gasteiger partial charge in [0.15, 0.2) is 0 Å². The summed E-state index contributed by atoms with van der Waals surface area (Å²) < 4.78 is 0. The number of hydrogen-bond donors (Lipinski definition) is 0. The van der Waals surface area contributed by atoms with Gasteiger partial charge in [0.2, 0.25) is 0 Å². The van der Waals surface area contributed by atoms with E-state index >= 15 is 0 Å². The van der Waals surface area contributed by atoms with E-state index in [9.17, 15) is 4.79 Å². The van der Waals surface area contributed by atoms with Gasteiger partial charge in [-0.05, 0) is 12.3 Å². The maximum absolute atomic E-state index is 11.7. The van der Waals surface area contributed by atoms with Crippen LogP contribution in [0.4, 0.5) is 0 Å². The zero-order valence-corrected chi connectivity index (χ0v) is 13.1. The van der Waals surface area contributed by atoms with Crippen LogP contribution in [-0.4, -0.2) is 5.78 Å². The molecule has 0 amide bonds. The number of carbonyl (C=O) groups excluding carboxylic acids is 1. The number of carbonyl (C=O) groups is 1. The SMILES string of the molecule is CCCCCCCCCCCCC(=O)CC1CCC1. The van der Waals surface area contributed by atoms with Crippen LogP contribution in [0, 0.1) is 5.92 Å². The van der Waals surface area contributed by atoms with Crippen LogP contribution in [0.25, 0.3) is 0 Å². The fourth-order valence-corrected chi connectivity index (χ4v) is 2.93. The first-order valence-corrected chi connectivity index (χ1v) is 8.84. The Morgan fingerprint density at radius 1 is 0.842 bits per heavy atom. The van der Waals surface area contributed by atoms with Gasteiger partial charge in [-0.15, -0.1) is 0 Å². The van der Waals surface area contributed by atoms with Crippen molar-refractivity contribution in [3.05, 3.63) is 0 Å². The normalized spacial score (nSPS) is 15.4. The van der Waals surface area contributed by atoms with Gasteiger partial charge in [-0.25, -0.2) is 0 Å². The number of unbranched alkanes of at least 4 members (excludes halogenated alkanes) is 9. The van der Waals surface area contributed by atoms with E-state index in [0.29, 0.717) is 5.78 Å². The molecule has 0 unspecified atom stereocenters. The molecule has 0 aliphatic heterocycles. The van der Waals surface area contributed by atoms with Gasteiger partial charge in [0, 0.05) is 12.8 Å². The third kappa shape index (κ3) is 9.24. The van der Waals surface area contributed by atoms with Gasteiger partial charge in [0.05, 0.1) is 0 Å². The molecule has 0 heterocycles. The standard InChI is InChI=1S/C18H34O/c1-2-3-4-5-6-7-8-9-10-11-15-18(19)16-17-13-12-14-17/h17H,2-16H2,1H3. The smallest absolute Gasteiger partial charge is 0.133 e. The second-order valence-corrected chi connectivity index (χ2v) is 6.47. The Kier molecular flexibility index (Phi) is 10.1. The molecule has 1 fully saturated rings. The molecular weight excluding hydrogens is 232 g/mol. The molecule has 0 aromatic rings. The van der Waals surface area contributed by atoms with Crippen molar-refractivity contribution in [3.63, 3.8) is 0 Å². The van der Waals surface area contributed by atoms with E-state index in [1.807, 2.05) is 0 Å². The van der Waals surface area contributed by atoms with Gasteiger partial charge in [-0.3, -0.25) is 4.79 Å². The molecule has 0 saturated heterocycles. The first-order valence-electron chi connectivity index (χ1n) is 8.84. The highest BCUT2D eigenvalue weighted by Crippen LogP contribution is 2.30. The molecule has 1 nitrogen and oxygen atoms in total. The van der Waals surface area contributed by atoms with Gasteiger partial charge in [-0.1, -0.05) is 84.0 Å². The Bertz CT molecular complexity index is 218. The summed E-state index contributed by atoms with van der Waals surface area (Å²) in [5.74, 6) is 1.29. The number of rotatable bonds is 13. The summed E-state index contributed by atoms with van der Waals surface area (Å²) in [6, 6.07) is 0. The molecule has 19 heavy (non-hydrogen) atoms. The first kappa shape index (κ1) is 16.7. The zero-order chi connectivity index (χ0) is 13.8. The minimum absolute atomic E-state index is 0.532. The fourth-order valence-electron chi connectivity index (χ4n) is 2.93. The summed E-state index contributed by atoms with van der Waals surface area (Å²) in [5, 5.41) is 0. The van der Waals surface area contributed by atoms with Crippen molar-refractivity contribution in [1.29, 1.82) is 0 Å². The Morgan fingerprint density at radius 3 is 1.84 bits per heavy atom. The summed E-state index contributed by atoms with van der Waals surface area (Å²) in [6.45, 7) is 2.27. The summed E-state index contributed by atoms with van der Waals surface area (Å²) in [5.41, 5.74) is 0. The summed E-state index contributed by atoms with van der Waals surface area (Å²) in [6.07, 6.45) is 19.3. The van der Waals surface area contributed by atoms with Gasteiger partial charge >= 0.3 is 0 Å². The van der Waals surface area contributed by atoms with Crippen molar-refractivity contribution in [2.75, 3.05) is 0 Å². The van der Waals surface area contributed by atoms with Crippen LogP contribution < -0.4 is 0 Å². The third-order valence-electron chi connectivity index (χ3n) is 4.55. The second-order valence-electron chi connectivity index (χ2n) is 6.47. The molecule has 0 atom stereocenters. The molecule has 1 rings (SSSR count). The molecule has 0 N–H and O–H groups in total. The molecule has 0 aromatic heterocycles. The highest BCUT2D eigenvalue weighted by atomic mass is 16.1. The molecule has 0 spiro atoms. The predicted octanol–water partition coefficient (Wildman–Crippen LogP) is 6.06. The van der Waals surface area contributed by atoms with Crippen molar-refractivity contribution in [1.82, 2.24) is 0 Å². The lowest BCUT2D eigenvalue weighted by atomic mass is 9.81. The molecule has 0 bridgehead atoms. The Balaban J connectivity index is 1.74. The van der Waals surface area contributed by atoms with E-state index in [2.05, 4.69) is 6.92 Å². The third-order valence-corrected chi connectivity index (χ3v) is 4.55. The number of Topliss-reactive ketones (excluding diaryl/α,β-unsaturated/α-hetero) is 1. The largest absolute Gasteiger partial charge is 0.300 e. The molecule has 1 aliphatic carbocycles. The van der Waals surface area contributed by atoms with Crippen molar-refractivity contribution in [3.8, 4) is 0 Å². The van der Waals surface area contributed by atoms with Crippen LogP contribution >= 0.6 is 0 Å². The van der Waals surface area contributed by atoms with E-state index in [1.165, 1.54) is 77.0 Å². The summed E-state index contributed by atoms with van der Waals surface area (Å²) >= 11 is 0. The highest BCUT2D eigenvalue weighted by Gasteiger charge is 2.19. The minimum atomic E-state index is 0.532. The molecular formula is C18H34O. The quantitative estimate of drug-likeness (QED) is 0.370. The second kappa shape index (κ2) is 11.5. The Labute approximate surface area is 120 Å². The van der Waals surface area contributed by atoms with E-state index in [4.69, 9.17) is 0 Å². The van der Waals surface area contributed by atoms with Gasteiger partial charge in [-0.2, -0.15) is 0 Å². The average molecular weight is 266 g/mol. The number of ketones is 1. The highest BCUT2D eigenvalue weighted by molar-refractivity contribution is 5.78. The molecule has 112 valence electrons. The van der Waals surface area contributed by atoms with Gasteiger partial charge in [0.25, 0.3) is 0 Å². The Hall–Kier alpha value is -0.330. The average Bonchev–Trinajstić information content (AvgIpc) is 2.36. The zero-order valence-electron chi connectivity index (χ0n) is 13.1. The van der Waals surface area contributed by atoms with E-state index in [0.717, 1.165) is 25.2 Å². The molecule has 1 saturated carbocycles. The molecule has 1 heteroatoms. The van der Waals surface area contributed by atoms with Crippen LogP contribution in [0.3, 0.4) is 0 Å². The van der Waals surface area contributed by atoms with E-state index < -0.39 is 0 Å². The van der Waals surface area contributed by atoms with Crippen molar-refractivity contribution in [2.45, 2.75) is 103 Å². The lowest BCUT2D eigenvalue weighted by Crippen LogP contribution is -2.15. The number of hydrogen-bond acceptors (Lipinski definition) is 1. The van der Waals surface area contributed by atoms with Crippen LogP contribution in [0.5, 0.6) is 0 Å². The van der Waals surface area contributed by atoms with E-state index in [-0.39, 0.29) is 0 Å². The fraction of sp³-hybridized carbons (Fsp3) is 0.944. The van der Waals surface area contributed by atoms with Crippen LogP contribution in [0.2, 0.25) is 0 Å². The van der Waals surface area contributed by atoms with Gasteiger partial charge in [0.1, 0.15) is 5.78 Å². The van der Waals surface area contributed by atoms with Crippen molar-refractivity contribution < 1.29 is 4.79 Å². The van der Waals surface area contributed by atoms with E-state index in [1.54, 1.807) is 0 Å². The first-order chi connectivity index (χ1) is 9.33. The lowest BCUT2D eigenvalue weighted by Gasteiger charge is -2.24. The van der Waals surface area contributed by atoms with Crippen LogP contribution in [0.1, 0.15) is 103 Å². The maximum Gasteiger partial charge on any atom is 0.133 e. The minimum Gasteiger partial charge on any atom is -0.300 e. The molecule has 0 aromatic carbocycles. The summed E-state index contributed by atoms with van der Waals surface area (Å²) in [4.78, 5) is 11.7. The monoisotopic (exact) mass is 266 g/mol. The van der Waals surface area contributed by atoms with Crippen LogP contribution in [-0.2, 0) is 4.79 Å². The predicted molar refractivity (Wildman–Crippen MR) is 83.4 cm³/mol. The van der Waals surface area contributed by atoms with Crippen molar-refractivity contribution >= 4 is 5.78 Å². The molecule has 0 radical (unpaired) electrons. The topological polar surface area (TPSA) is 17.1 Å². The van der Waals surface area contributed by atoms with Crippen molar-refractivity contribution in [2.24, 2.45) is 5.92 Å². The van der Waals surface area contributed by atoms with Crippen LogP contribution in [0.15, 0.2) is 0 Å². The lowest BCUT2D eigenvalue weighted by molar-refractivity contribution is -0.120. The summed E-state index contributed by atoms with van der Waals surface area (Å²) in [7, 11) is 0. The maximum atomic E-state index is 11.7.